The Labute approximate surface area is 96.4 Å². The third kappa shape index (κ3) is 5.61. The van der Waals surface area contributed by atoms with Crippen molar-refractivity contribution in [2.24, 2.45) is 11.7 Å². The van der Waals surface area contributed by atoms with E-state index in [0.29, 0.717) is 12.3 Å². The van der Waals surface area contributed by atoms with Crippen molar-refractivity contribution in [2.45, 2.75) is 26.3 Å². The number of nitrogens with two attached hydrogens (primary N) is 1. The summed E-state index contributed by atoms with van der Waals surface area (Å²) < 4.78 is 21.0. The molecule has 0 spiro atoms. The van der Waals surface area contributed by atoms with Crippen molar-refractivity contribution in [3.8, 4) is 0 Å². The molecule has 0 radical (unpaired) electrons. The molecule has 0 rings (SSSR count). The fourth-order valence-electron chi connectivity index (χ4n) is 1.12. The second kappa shape index (κ2) is 7.01. The summed E-state index contributed by atoms with van der Waals surface area (Å²) >= 11 is 0. The van der Waals surface area contributed by atoms with Gasteiger partial charge < -0.3 is 20.1 Å². The maximum Gasteiger partial charge on any atom is 0.349 e. The Balaban J connectivity index is 4.11. The van der Waals surface area contributed by atoms with E-state index in [9.17, 15) is 9.36 Å². The Hall–Kier alpha value is -0.420. The monoisotopic (exact) mass is 252 g/mol. The Bertz CT molecular complexity index is 262. The van der Waals surface area contributed by atoms with Crippen LogP contribution in [0.5, 0.6) is 0 Å². The molecule has 1 atom stereocenters. The largest absolute Gasteiger partial charge is 0.349 e. The molecular formula is C9H21N2O4P. The third-order valence-corrected chi connectivity index (χ3v) is 3.72. The van der Waals surface area contributed by atoms with E-state index in [1.165, 1.54) is 14.2 Å². The first-order valence-electron chi connectivity index (χ1n) is 5.08. The molecule has 0 saturated carbocycles. The first-order chi connectivity index (χ1) is 7.34. The molecular weight excluding hydrogens is 231 g/mol. The summed E-state index contributed by atoms with van der Waals surface area (Å²) in [6, 6.07) is -0.595. The van der Waals surface area contributed by atoms with Gasteiger partial charge in [0, 0.05) is 14.2 Å². The van der Waals surface area contributed by atoms with Crippen molar-refractivity contribution < 1.29 is 18.4 Å². The van der Waals surface area contributed by atoms with Gasteiger partial charge in [-0.05, 0) is 12.3 Å². The van der Waals surface area contributed by atoms with Crippen LogP contribution in [0.4, 0.5) is 0 Å². The first-order valence-corrected chi connectivity index (χ1v) is 6.81. The van der Waals surface area contributed by atoms with Crippen LogP contribution in [0.3, 0.4) is 0 Å². The van der Waals surface area contributed by atoms with Crippen LogP contribution in [-0.4, -0.2) is 32.5 Å². The third-order valence-electron chi connectivity index (χ3n) is 2.07. The molecule has 96 valence electrons. The van der Waals surface area contributed by atoms with E-state index in [2.05, 4.69) is 14.4 Å². The zero-order chi connectivity index (χ0) is 12.8. The zero-order valence-corrected chi connectivity index (χ0v) is 11.1. The molecule has 0 aliphatic rings. The van der Waals surface area contributed by atoms with Gasteiger partial charge in [-0.25, -0.2) is 0 Å². The number of nitrogens with one attached hydrogen (secondary N) is 1. The van der Waals surface area contributed by atoms with E-state index in [1.807, 2.05) is 13.8 Å². The highest BCUT2D eigenvalue weighted by Crippen LogP contribution is 2.44. The van der Waals surface area contributed by atoms with Gasteiger partial charge in [0.1, 0.15) is 6.29 Å². The van der Waals surface area contributed by atoms with Crippen molar-refractivity contribution >= 4 is 13.5 Å². The number of hydrogen-bond donors (Lipinski definition) is 2. The molecule has 0 aromatic rings. The normalized spacial score (nSPS) is 13.9. The smallest absolute Gasteiger partial charge is 0.343 e. The lowest BCUT2D eigenvalue weighted by Crippen LogP contribution is -2.41. The molecule has 0 saturated heterocycles. The van der Waals surface area contributed by atoms with Gasteiger partial charge in [0.2, 0.25) is 5.91 Å². The number of hydrogen-bond acceptors (Lipinski definition) is 5. The Morgan fingerprint density at radius 3 is 2.25 bits per heavy atom. The molecule has 0 unspecified atom stereocenters. The second-order valence-corrected chi connectivity index (χ2v) is 6.18. The molecule has 0 aliphatic heterocycles. The average Bonchev–Trinajstić information content (AvgIpc) is 2.24. The SMILES string of the molecule is COP(=O)(CNC(=O)[C@@H](N)CC(C)C)OC. The number of amides is 1. The Kier molecular flexibility index (Phi) is 6.83. The average molecular weight is 252 g/mol. The molecule has 0 aliphatic carbocycles. The summed E-state index contributed by atoms with van der Waals surface area (Å²) in [6.45, 7) is 3.95. The fourth-order valence-corrected chi connectivity index (χ4v) is 1.88. The van der Waals surface area contributed by atoms with Gasteiger partial charge in [-0.2, -0.15) is 0 Å². The second-order valence-electron chi connectivity index (χ2n) is 3.91. The van der Waals surface area contributed by atoms with E-state index in [1.54, 1.807) is 0 Å². The predicted octanol–water partition coefficient (Wildman–Crippen LogP) is 0.919. The van der Waals surface area contributed by atoms with Crippen molar-refractivity contribution in [1.29, 1.82) is 0 Å². The number of carbonyl (C=O) groups is 1. The van der Waals surface area contributed by atoms with Crippen molar-refractivity contribution in [3.63, 3.8) is 0 Å². The molecule has 16 heavy (non-hydrogen) atoms. The van der Waals surface area contributed by atoms with E-state index in [-0.39, 0.29) is 12.2 Å². The summed E-state index contributed by atoms with van der Waals surface area (Å²) in [4.78, 5) is 11.5. The fraction of sp³-hybridized carbons (Fsp3) is 0.889. The Morgan fingerprint density at radius 2 is 1.88 bits per heavy atom. The van der Waals surface area contributed by atoms with E-state index in [4.69, 9.17) is 5.73 Å². The summed E-state index contributed by atoms with van der Waals surface area (Å²) in [7, 11) is -0.660. The van der Waals surface area contributed by atoms with Crippen LogP contribution in [0.2, 0.25) is 0 Å². The Morgan fingerprint density at radius 1 is 1.38 bits per heavy atom. The maximum absolute atomic E-state index is 11.6. The maximum atomic E-state index is 11.6. The van der Waals surface area contributed by atoms with Crippen LogP contribution < -0.4 is 11.1 Å². The van der Waals surface area contributed by atoms with Crippen molar-refractivity contribution in [3.05, 3.63) is 0 Å². The first kappa shape index (κ1) is 15.6. The van der Waals surface area contributed by atoms with Crippen molar-refractivity contribution in [1.82, 2.24) is 5.32 Å². The quantitative estimate of drug-likeness (QED) is 0.657. The molecule has 0 aromatic heterocycles. The van der Waals surface area contributed by atoms with Gasteiger partial charge in [-0.15, -0.1) is 0 Å². The molecule has 6 nitrogen and oxygen atoms in total. The van der Waals surface area contributed by atoms with Gasteiger partial charge >= 0.3 is 7.60 Å². The molecule has 0 aromatic carbocycles. The lowest BCUT2D eigenvalue weighted by molar-refractivity contribution is -0.122. The zero-order valence-electron chi connectivity index (χ0n) is 10.2. The van der Waals surface area contributed by atoms with Gasteiger partial charge in [0.05, 0.1) is 6.04 Å². The van der Waals surface area contributed by atoms with Crippen LogP contribution in [0.1, 0.15) is 20.3 Å². The minimum Gasteiger partial charge on any atom is -0.343 e. The van der Waals surface area contributed by atoms with Crippen LogP contribution >= 0.6 is 7.60 Å². The lowest BCUT2D eigenvalue weighted by Gasteiger charge is -2.17. The lowest BCUT2D eigenvalue weighted by atomic mass is 10.0. The van der Waals surface area contributed by atoms with Crippen LogP contribution in [-0.2, 0) is 18.4 Å². The predicted molar refractivity (Wildman–Crippen MR) is 62.1 cm³/mol. The molecule has 0 heterocycles. The molecule has 7 heteroatoms. The minimum absolute atomic E-state index is 0.162. The van der Waals surface area contributed by atoms with E-state index >= 15 is 0 Å². The molecule has 3 N–H and O–H groups in total. The van der Waals surface area contributed by atoms with Crippen LogP contribution in [0.15, 0.2) is 0 Å². The summed E-state index contributed by atoms with van der Waals surface area (Å²) in [6.07, 6.45) is 0.417. The molecule has 0 bridgehead atoms. The van der Waals surface area contributed by atoms with Gasteiger partial charge in [0.25, 0.3) is 0 Å². The highest BCUT2D eigenvalue weighted by molar-refractivity contribution is 7.53. The topological polar surface area (TPSA) is 90.7 Å². The summed E-state index contributed by atoms with van der Waals surface area (Å²) in [5, 5.41) is 2.45. The minimum atomic E-state index is -3.20. The highest BCUT2D eigenvalue weighted by atomic mass is 31.2. The van der Waals surface area contributed by atoms with Crippen LogP contribution in [0.25, 0.3) is 0 Å². The summed E-state index contributed by atoms with van der Waals surface area (Å²) in [5.41, 5.74) is 5.65. The number of carbonyl (C=O) groups excluding carboxylic acids is 1. The van der Waals surface area contributed by atoms with Gasteiger partial charge in [-0.1, -0.05) is 13.8 Å². The van der Waals surface area contributed by atoms with E-state index in [0.717, 1.165) is 0 Å². The molecule has 0 fully saturated rings. The van der Waals surface area contributed by atoms with Gasteiger partial charge in [0.15, 0.2) is 0 Å². The molecule has 1 amide bonds. The number of rotatable bonds is 7. The standard InChI is InChI=1S/C9H21N2O4P/c1-7(2)5-8(10)9(12)11-6-16(13,14-3)15-4/h7-8H,5-6,10H2,1-4H3,(H,11,12)/t8-/m0/s1. The van der Waals surface area contributed by atoms with Gasteiger partial charge in [-0.3, -0.25) is 9.36 Å². The van der Waals surface area contributed by atoms with Crippen LogP contribution in [0, 0.1) is 5.92 Å². The van der Waals surface area contributed by atoms with Crippen molar-refractivity contribution in [2.75, 3.05) is 20.5 Å². The highest BCUT2D eigenvalue weighted by Gasteiger charge is 2.23. The summed E-state index contributed by atoms with van der Waals surface area (Å²) in [5.74, 6) is -0.0135. The van der Waals surface area contributed by atoms with E-state index < -0.39 is 13.6 Å².